The Morgan fingerprint density at radius 1 is 1.00 bits per heavy atom. The Balaban J connectivity index is 1.11. The quantitative estimate of drug-likeness (QED) is 0.415. The monoisotopic (exact) mass is 474 g/mol. The summed E-state index contributed by atoms with van der Waals surface area (Å²) in [6.07, 6.45) is 7.83. The summed E-state index contributed by atoms with van der Waals surface area (Å²) in [7, 11) is 0. The van der Waals surface area contributed by atoms with Gasteiger partial charge in [-0.1, -0.05) is 49.2 Å². The molecule has 0 unspecified atom stereocenters. The molecule has 2 aliphatic rings. The number of nitrogens with one attached hydrogen (secondary N) is 2. The van der Waals surface area contributed by atoms with Crippen molar-refractivity contribution in [3.8, 4) is 11.3 Å². The Kier molecular flexibility index (Phi) is 7.56. The predicted octanol–water partition coefficient (Wildman–Crippen LogP) is 6.09. The number of carbonyl (C=O) groups excluding carboxylic acids is 1. The molecule has 1 amide bonds. The van der Waals surface area contributed by atoms with Crippen molar-refractivity contribution in [3.05, 3.63) is 65.0 Å². The molecule has 5 nitrogen and oxygen atoms in total. The first-order chi connectivity index (χ1) is 16.7. The summed E-state index contributed by atoms with van der Waals surface area (Å²) in [6, 6.07) is 19.3. The number of rotatable bonds is 8. The van der Waals surface area contributed by atoms with Crippen molar-refractivity contribution in [1.29, 1.82) is 0 Å². The fraction of sp³-hybridized carbons (Fsp3) is 0.429. The normalized spacial score (nSPS) is 17.2. The van der Waals surface area contributed by atoms with Crippen molar-refractivity contribution in [1.82, 2.24) is 10.3 Å². The van der Waals surface area contributed by atoms with Crippen LogP contribution in [0.4, 0.5) is 11.4 Å². The molecular weight excluding hydrogens is 440 g/mol. The SMILES string of the molecule is O=C(CC1CCCC1)Nc1cccc(N2CCC(NCc3scnc3-c3ccccc3)CC2)c1. The maximum atomic E-state index is 12.4. The lowest BCUT2D eigenvalue weighted by Gasteiger charge is -2.34. The number of piperidine rings is 1. The van der Waals surface area contributed by atoms with Crippen LogP contribution in [-0.2, 0) is 11.3 Å². The van der Waals surface area contributed by atoms with Gasteiger partial charge in [0.25, 0.3) is 0 Å². The van der Waals surface area contributed by atoms with Crippen LogP contribution >= 0.6 is 11.3 Å². The van der Waals surface area contributed by atoms with Crippen molar-refractivity contribution in [2.75, 3.05) is 23.3 Å². The highest BCUT2D eigenvalue weighted by Gasteiger charge is 2.21. The van der Waals surface area contributed by atoms with E-state index in [4.69, 9.17) is 0 Å². The predicted molar refractivity (Wildman–Crippen MR) is 141 cm³/mol. The van der Waals surface area contributed by atoms with Crippen LogP contribution < -0.4 is 15.5 Å². The third kappa shape index (κ3) is 5.86. The summed E-state index contributed by atoms with van der Waals surface area (Å²) >= 11 is 1.73. The molecule has 34 heavy (non-hydrogen) atoms. The molecule has 2 heterocycles. The van der Waals surface area contributed by atoms with Gasteiger partial charge in [0, 0.05) is 53.9 Å². The van der Waals surface area contributed by atoms with Crippen molar-refractivity contribution < 1.29 is 4.79 Å². The minimum Gasteiger partial charge on any atom is -0.371 e. The molecule has 1 aromatic heterocycles. The van der Waals surface area contributed by atoms with Gasteiger partial charge in [-0.25, -0.2) is 4.98 Å². The van der Waals surface area contributed by atoms with Crippen molar-refractivity contribution >= 4 is 28.6 Å². The van der Waals surface area contributed by atoms with E-state index in [-0.39, 0.29) is 5.91 Å². The van der Waals surface area contributed by atoms with Crippen LogP contribution in [0.2, 0.25) is 0 Å². The first-order valence-electron chi connectivity index (χ1n) is 12.6. The lowest BCUT2D eigenvalue weighted by molar-refractivity contribution is -0.117. The molecular formula is C28H34N4OS. The summed E-state index contributed by atoms with van der Waals surface area (Å²) in [5.41, 5.74) is 6.35. The van der Waals surface area contributed by atoms with Gasteiger partial charge < -0.3 is 15.5 Å². The fourth-order valence-corrected chi connectivity index (χ4v) is 6.01. The highest BCUT2D eigenvalue weighted by atomic mass is 32.1. The highest BCUT2D eigenvalue weighted by molar-refractivity contribution is 7.10. The van der Waals surface area contributed by atoms with Crippen molar-refractivity contribution in [3.63, 3.8) is 0 Å². The van der Waals surface area contributed by atoms with Gasteiger partial charge in [0.2, 0.25) is 5.91 Å². The molecule has 0 radical (unpaired) electrons. The molecule has 0 bridgehead atoms. The van der Waals surface area contributed by atoms with Crippen molar-refractivity contribution in [2.45, 2.75) is 57.5 Å². The first kappa shape index (κ1) is 23.1. The third-order valence-corrected chi connectivity index (χ3v) is 8.01. The smallest absolute Gasteiger partial charge is 0.224 e. The maximum absolute atomic E-state index is 12.4. The number of hydrogen-bond acceptors (Lipinski definition) is 5. The van der Waals surface area contributed by atoms with Gasteiger partial charge in [-0.05, 0) is 49.8 Å². The van der Waals surface area contributed by atoms with Gasteiger partial charge in [-0.15, -0.1) is 11.3 Å². The number of amides is 1. The van der Waals surface area contributed by atoms with Gasteiger partial charge in [-0.2, -0.15) is 0 Å². The van der Waals surface area contributed by atoms with E-state index in [0.29, 0.717) is 18.4 Å². The van der Waals surface area contributed by atoms with Crippen LogP contribution in [0.15, 0.2) is 60.1 Å². The van der Waals surface area contributed by atoms with E-state index in [0.717, 1.165) is 43.9 Å². The molecule has 1 aliphatic heterocycles. The molecule has 1 saturated heterocycles. The minimum absolute atomic E-state index is 0.157. The average Bonchev–Trinajstić information content (AvgIpc) is 3.56. The maximum Gasteiger partial charge on any atom is 0.224 e. The molecule has 2 N–H and O–H groups in total. The number of anilines is 2. The zero-order valence-corrected chi connectivity index (χ0v) is 20.5. The largest absolute Gasteiger partial charge is 0.371 e. The van der Waals surface area contributed by atoms with Crippen LogP contribution in [0.25, 0.3) is 11.3 Å². The number of benzene rings is 2. The molecule has 2 fully saturated rings. The van der Waals surface area contributed by atoms with Crippen LogP contribution in [0.5, 0.6) is 0 Å². The highest BCUT2D eigenvalue weighted by Crippen LogP contribution is 2.29. The fourth-order valence-electron chi connectivity index (χ4n) is 5.28. The van der Waals surface area contributed by atoms with Gasteiger partial charge in [-0.3, -0.25) is 4.79 Å². The van der Waals surface area contributed by atoms with Gasteiger partial charge in [0.1, 0.15) is 0 Å². The van der Waals surface area contributed by atoms with Crippen LogP contribution in [0, 0.1) is 5.92 Å². The number of hydrogen-bond donors (Lipinski definition) is 2. The zero-order valence-electron chi connectivity index (χ0n) is 19.7. The summed E-state index contributed by atoms with van der Waals surface area (Å²) in [6.45, 7) is 2.90. The summed E-state index contributed by atoms with van der Waals surface area (Å²) < 4.78 is 0. The standard InChI is InChI=1S/C28H34N4OS/c33-27(17-21-7-4-5-8-21)31-24-11-6-12-25(18-24)32-15-13-23(14-16-32)29-19-26-28(30-20-34-26)22-9-2-1-3-10-22/h1-3,6,9-12,18,20-21,23,29H,4-5,7-8,13-17,19H2,(H,31,33). The molecule has 178 valence electrons. The number of nitrogens with zero attached hydrogens (tertiary/aromatic N) is 2. The summed E-state index contributed by atoms with van der Waals surface area (Å²) in [5, 5.41) is 6.89. The summed E-state index contributed by atoms with van der Waals surface area (Å²) in [4.78, 5) is 20.8. The lowest BCUT2D eigenvalue weighted by atomic mass is 10.0. The average molecular weight is 475 g/mol. The second-order valence-corrected chi connectivity index (χ2v) is 10.5. The van der Waals surface area contributed by atoms with E-state index < -0.39 is 0 Å². The Hall–Kier alpha value is -2.70. The molecule has 3 aromatic rings. The molecule has 6 heteroatoms. The Morgan fingerprint density at radius 2 is 1.79 bits per heavy atom. The first-order valence-corrected chi connectivity index (χ1v) is 13.5. The third-order valence-electron chi connectivity index (χ3n) is 7.18. The number of aromatic nitrogens is 1. The second kappa shape index (κ2) is 11.2. The minimum atomic E-state index is 0.157. The Labute approximate surface area is 206 Å². The van der Waals surface area contributed by atoms with Crippen LogP contribution in [0.3, 0.4) is 0 Å². The molecule has 2 aromatic carbocycles. The van der Waals surface area contributed by atoms with E-state index in [1.165, 1.54) is 41.8 Å². The van der Waals surface area contributed by atoms with E-state index >= 15 is 0 Å². The Bertz CT molecular complexity index is 1070. The van der Waals surface area contributed by atoms with E-state index in [1.807, 2.05) is 17.6 Å². The zero-order chi connectivity index (χ0) is 23.2. The Morgan fingerprint density at radius 3 is 2.59 bits per heavy atom. The molecule has 1 aliphatic carbocycles. The molecule has 1 saturated carbocycles. The topological polar surface area (TPSA) is 57.3 Å². The van der Waals surface area contributed by atoms with E-state index in [2.05, 4.69) is 63.0 Å². The van der Waals surface area contributed by atoms with E-state index in [9.17, 15) is 4.79 Å². The molecule has 0 atom stereocenters. The summed E-state index contributed by atoms with van der Waals surface area (Å²) in [5.74, 6) is 0.730. The lowest BCUT2D eigenvalue weighted by Crippen LogP contribution is -2.42. The van der Waals surface area contributed by atoms with Gasteiger partial charge in [0.15, 0.2) is 0 Å². The number of carbonyl (C=O) groups is 1. The van der Waals surface area contributed by atoms with Crippen molar-refractivity contribution in [2.24, 2.45) is 5.92 Å². The second-order valence-electron chi connectivity index (χ2n) is 9.59. The van der Waals surface area contributed by atoms with E-state index in [1.54, 1.807) is 11.3 Å². The van der Waals surface area contributed by atoms with Gasteiger partial charge >= 0.3 is 0 Å². The molecule has 0 spiro atoms. The number of thiazole rings is 1. The van der Waals surface area contributed by atoms with Crippen LogP contribution in [-0.4, -0.2) is 30.0 Å². The molecule has 5 rings (SSSR count). The van der Waals surface area contributed by atoms with Gasteiger partial charge in [0.05, 0.1) is 11.2 Å². The van der Waals surface area contributed by atoms with Crippen LogP contribution in [0.1, 0.15) is 49.8 Å².